The molecule has 0 bridgehead atoms. The Bertz CT molecular complexity index is 1230. The molecular weight excluding hydrogens is 427 g/mol. The lowest BCUT2D eigenvalue weighted by Gasteiger charge is -2.32. The van der Waals surface area contributed by atoms with Crippen molar-refractivity contribution in [3.05, 3.63) is 114 Å². The fourth-order valence-electron chi connectivity index (χ4n) is 4.99. The molecule has 1 aliphatic heterocycles. The minimum absolute atomic E-state index is 0.287. The summed E-state index contributed by atoms with van der Waals surface area (Å²) in [5.41, 5.74) is 6.60. The van der Waals surface area contributed by atoms with Gasteiger partial charge in [0.2, 0.25) is 0 Å². The Morgan fingerprint density at radius 2 is 1.57 bits per heavy atom. The first-order valence-corrected chi connectivity index (χ1v) is 12.7. The van der Waals surface area contributed by atoms with Gasteiger partial charge >= 0.3 is 7.12 Å². The molecule has 0 spiro atoms. The molecule has 1 fully saturated rings. The third-order valence-corrected chi connectivity index (χ3v) is 7.80. The first kappa shape index (κ1) is 23.8. The fourth-order valence-corrected chi connectivity index (χ4v) is 4.99. The second kappa shape index (κ2) is 9.30. The van der Waals surface area contributed by atoms with Crippen LogP contribution in [0, 0.1) is 5.92 Å². The predicted molar refractivity (Wildman–Crippen MR) is 148 cm³/mol. The summed E-state index contributed by atoms with van der Waals surface area (Å²) in [6.07, 6.45) is 19.0. The Morgan fingerprint density at radius 3 is 2.29 bits per heavy atom. The molecule has 2 aromatic rings. The average molecular weight is 462 g/mol. The van der Waals surface area contributed by atoms with Gasteiger partial charge in [0.05, 0.1) is 11.2 Å². The zero-order valence-electron chi connectivity index (χ0n) is 21.5. The van der Waals surface area contributed by atoms with E-state index >= 15 is 0 Å². The van der Waals surface area contributed by atoms with Gasteiger partial charge in [0.1, 0.15) is 0 Å². The monoisotopic (exact) mass is 462 g/mol. The van der Waals surface area contributed by atoms with Crippen molar-refractivity contribution in [3.8, 4) is 11.1 Å². The Labute approximate surface area is 210 Å². The normalized spacial score (nSPS) is 24.8. The van der Waals surface area contributed by atoms with Gasteiger partial charge in [0.15, 0.2) is 0 Å². The molecule has 2 nitrogen and oxygen atoms in total. The Morgan fingerprint density at radius 1 is 0.829 bits per heavy atom. The van der Waals surface area contributed by atoms with Crippen molar-refractivity contribution in [2.75, 3.05) is 0 Å². The van der Waals surface area contributed by atoms with E-state index < -0.39 is 0 Å². The van der Waals surface area contributed by atoms with Gasteiger partial charge in [-0.15, -0.1) is 0 Å². The topological polar surface area (TPSA) is 18.5 Å². The smallest absolute Gasteiger partial charge is 0.399 e. The summed E-state index contributed by atoms with van der Waals surface area (Å²) < 4.78 is 12.9. The maximum absolute atomic E-state index is 6.44. The maximum atomic E-state index is 6.44. The minimum Gasteiger partial charge on any atom is -0.399 e. The molecule has 2 aromatic carbocycles. The van der Waals surface area contributed by atoms with Crippen molar-refractivity contribution >= 4 is 12.6 Å². The van der Waals surface area contributed by atoms with Crippen LogP contribution in [0.4, 0.5) is 0 Å². The van der Waals surface area contributed by atoms with E-state index in [1.165, 1.54) is 27.8 Å². The predicted octanol–water partition coefficient (Wildman–Crippen LogP) is 7.31. The second-order valence-corrected chi connectivity index (χ2v) is 10.9. The largest absolute Gasteiger partial charge is 0.494 e. The molecule has 3 aliphatic rings. The highest BCUT2D eigenvalue weighted by molar-refractivity contribution is 6.62. The van der Waals surface area contributed by atoms with E-state index in [-0.39, 0.29) is 24.2 Å². The van der Waals surface area contributed by atoms with Crippen LogP contribution in [0.1, 0.15) is 52.5 Å². The van der Waals surface area contributed by atoms with Crippen molar-refractivity contribution in [2.45, 2.75) is 58.2 Å². The van der Waals surface area contributed by atoms with Crippen LogP contribution in [0.25, 0.3) is 11.1 Å². The first-order valence-electron chi connectivity index (χ1n) is 12.7. The van der Waals surface area contributed by atoms with Gasteiger partial charge in [-0.1, -0.05) is 104 Å². The molecule has 0 amide bonds. The summed E-state index contributed by atoms with van der Waals surface area (Å²) in [4.78, 5) is 0. The molecular formula is C32H35BO2. The fraction of sp³-hybridized carbons (Fsp3) is 0.312. The molecule has 0 aromatic heterocycles. The molecule has 178 valence electrons. The first-order chi connectivity index (χ1) is 16.7. The molecule has 3 heteroatoms. The second-order valence-electron chi connectivity index (χ2n) is 10.9. The molecule has 0 N–H and O–H groups in total. The van der Waals surface area contributed by atoms with Gasteiger partial charge in [-0.3, -0.25) is 0 Å². The van der Waals surface area contributed by atoms with Crippen LogP contribution in [0.5, 0.6) is 0 Å². The van der Waals surface area contributed by atoms with Crippen LogP contribution in [0.3, 0.4) is 0 Å². The molecule has 2 atom stereocenters. The SMILES string of the molecule is CC1C=C(C2=CC=CCC=C2)C=CC1c1cc(B2OC(C)(C)C(C)(C)O2)cc(-c2ccccc2)c1. The minimum atomic E-state index is -0.385. The lowest BCUT2D eigenvalue weighted by Crippen LogP contribution is -2.41. The summed E-state index contributed by atoms with van der Waals surface area (Å²) >= 11 is 0. The van der Waals surface area contributed by atoms with E-state index in [0.717, 1.165) is 11.9 Å². The van der Waals surface area contributed by atoms with Crippen molar-refractivity contribution in [1.82, 2.24) is 0 Å². The van der Waals surface area contributed by atoms with Gasteiger partial charge in [0.25, 0.3) is 0 Å². The van der Waals surface area contributed by atoms with Gasteiger partial charge in [-0.2, -0.15) is 0 Å². The van der Waals surface area contributed by atoms with Crippen molar-refractivity contribution in [2.24, 2.45) is 5.92 Å². The third-order valence-electron chi connectivity index (χ3n) is 7.80. The van der Waals surface area contributed by atoms with E-state index in [2.05, 4.69) is 132 Å². The number of benzene rings is 2. The number of allylic oxidation sites excluding steroid dienone is 10. The van der Waals surface area contributed by atoms with Crippen LogP contribution in [-0.2, 0) is 9.31 Å². The molecule has 0 saturated carbocycles. The number of rotatable bonds is 4. The van der Waals surface area contributed by atoms with E-state index in [1.54, 1.807) is 0 Å². The Kier molecular flexibility index (Phi) is 6.33. The van der Waals surface area contributed by atoms with E-state index in [9.17, 15) is 0 Å². The summed E-state index contributed by atoms with van der Waals surface area (Å²) in [5.74, 6) is 0.656. The summed E-state index contributed by atoms with van der Waals surface area (Å²) in [6, 6.07) is 17.4. The van der Waals surface area contributed by atoms with E-state index in [4.69, 9.17) is 9.31 Å². The summed E-state index contributed by atoms with van der Waals surface area (Å²) in [5, 5.41) is 0. The maximum Gasteiger partial charge on any atom is 0.494 e. The Balaban J connectivity index is 1.52. The molecule has 1 saturated heterocycles. The van der Waals surface area contributed by atoms with E-state index in [0.29, 0.717) is 5.92 Å². The zero-order chi connectivity index (χ0) is 24.6. The van der Waals surface area contributed by atoms with Gasteiger partial charge < -0.3 is 9.31 Å². The average Bonchev–Trinajstić information content (AvgIpc) is 3.01. The van der Waals surface area contributed by atoms with Crippen molar-refractivity contribution in [3.63, 3.8) is 0 Å². The highest BCUT2D eigenvalue weighted by atomic mass is 16.7. The molecule has 1 heterocycles. The molecule has 2 aliphatic carbocycles. The van der Waals surface area contributed by atoms with Gasteiger partial charge in [-0.25, -0.2) is 0 Å². The highest BCUT2D eigenvalue weighted by Gasteiger charge is 2.51. The molecule has 5 rings (SSSR count). The van der Waals surface area contributed by atoms with Crippen LogP contribution in [0.15, 0.2) is 108 Å². The van der Waals surface area contributed by atoms with Crippen LogP contribution >= 0.6 is 0 Å². The summed E-state index contributed by atoms with van der Waals surface area (Å²) in [7, 11) is -0.385. The van der Waals surface area contributed by atoms with Crippen molar-refractivity contribution in [1.29, 1.82) is 0 Å². The van der Waals surface area contributed by atoms with E-state index in [1.807, 2.05) is 0 Å². The lowest BCUT2D eigenvalue weighted by atomic mass is 9.73. The van der Waals surface area contributed by atoms with Gasteiger partial charge in [0, 0.05) is 5.92 Å². The highest BCUT2D eigenvalue weighted by Crippen LogP contribution is 2.39. The zero-order valence-corrected chi connectivity index (χ0v) is 21.5. The van der Waals surface area contributed by atoms with Crippen molar-refractivity contribution < 1.29 is 9.31 Å². The van der Waals surface area contributed by atoms with Crippen LogP contribution in [0.2, 0.25) is 0 Å². The lowest BCUT2D eigenvalue weighted by molar-refractivity contribution is 0.00578. The number of hydrogen-bond donors (Lipinski definition) is 0. The Hall–Kier alpha value is -2.88. The van der Waals surface area contributed by atoms with Crippen LogP contribution in [-0.4, -0.2) is 18.3 Å². The third kappa shape index (κ3) is 4.81. The quantitative estimate of drug-likeness (QED) is 0.444. The standard InChI is InChI=1S/C32H35BO2/c1-23-19-26(24-13-9-6-7-10-14-24)17-18-30(23)28-20-27(25-15-11-8-12-16-25)21-29(22-28)33-34-31(2,3)32(4,5)35-33/h6,8-23,30H,7H2,1-5H3. The molecule has 0 radical (unpaired) electrons. The van der Waals surface area contributed by atoms with Gasteiger partial charge in [-0.05, 0) is 73.3 Å². The molecule has 35 heavy (non-hydrogen) atoms. The summed E-state index contributed by atoms with van der Waals surface area (Å²) in [6.45, 7) is 10.8. The van der Waals surface area contributed by atoms with Crippen LogP contribution < -0.4 is 5.46 Å². The number of hydrogen-bond acceptors (Lipinski definition) is 2. The molecule has 2 unspecified atom stereocenters.